The van der Waals surface area contributed by atoms with Crippen LogP contribution in [0.4, 0.5) is 4.79 Å². The van der Waals surface area contributed by atoms with Gasteiger partial charge in [-0.3, -0.25) is 0 Å². The lowest BCUT2D eigenvalue weighted by molar-refractivity contribution is -0.160. The average molecular weight is 330 g/mol. The molecule has 3 aromatic rings. The van der Waals surface area contributed by atoms with Gasteiger partial charge in [0.25, 0.3) is 0 Å². The van der Waals surface area contributed by atoms with Crippen LogP contribution in [0, 0.1) is 0 Å². The molecule has 0 spiro atoms. The van der Waals surface area contributed by atoms with Gasteiger partial charge in [-0.2, -0.15) is 4.33 Å². The third kappa shape index (κ3) is 3.21. The number of rotatable bonds is 4. The molecule has 23 heavy (non-hydrogen) atoms. The number of methoxy groups -OCH3 is 1. The fourth-order valence-electron chi connectivity index (χ4n) is 2.17. The van der Waals surface area contributed by atoms with E-state index < -0.39 is 6.09 Å². The summed E-state index contributed by atoms with van der Waals surface area (Å²) in [4.78, 5) is 21.8. The number of benzene rings is 1. The first-order chi connectivity index (χ1) is 11.2. The fraction of sp³-hybridized carbons (Fsp3) is 0.125. The van der Waals surface area contributed by atoms with Crippen molar-refractivity contribution in [2.75, 3.05) is 14.2 Å². The van der Waals surface area contributed by atoms with E-state index in [2.05, 4.69) is 9.87 Å². The molecule has 0 atom stereocenters. The number of nitrogens with zero attached hydrogens (tertiary/aromatic N) is 2. The van der Waals surface area contributed by atoms with Crippen LogP contribution in [0.2, 0.25) is 0 Å². The molecule has 2 heterocycles. The summed E-state index contributed by atoms with van der Waals surface area (Å²) in [6.45, 7) is 0. The smallest absolute Gasteiger partial charge is 0.419 e. The van der Waals surface area contributed by atoms with E-state index >= 15 is 0 Å². The van der Waals surface area contributed by atoms with Crippen LogP contribution in [0.15, 0.2) is 53.6 Å². The molecule has 118 valence electrons. The van der Waals surface area contributed by atoms with Gasteiger partial charge in [-0.15, -0.1) is 0 Å². The Morgan fingerprint density at radius 2 is 1.87 bits per heavy atom. The van der Waals surface area contributed by atoms with Crippen LogP contribution < -0.4 is 0 Å². The van der Waals surface area contributed by atoms with Crippen LogP contribution in [-0.4, -0.2) is 29.9 Å². The third-order valence-corrected chi connectivity index (χ3v) is 3.93. The first-order valence-corrected chi connectivity index (χ1v) is 7.51. The molecule has 2 aromatic heterocycles. The van der Waals surface area contributed by atoms with Gasteiger partial charge in [0.2, 0.25) is 0 Å². The van der Waals surface area contributed by atoms with Crippen LogP contribution in [-0.2, 0) is 14.0 Å². The molecule has 0 aliphatic carbocycles. The van der Waals surface area contributed by atoms with E-state index in [1.165, 1.54) is 18.8 Å². The summed E-state index contributed by atoms with van der Waals surface area (Å²) in [5.74, 6) is 0. The zero-order chi connectivity index (χ0) is 16.2. The van der Waals surface area contributed by atoms with Crippen molar-refractivity contribution in [1.82, 2.24) is 9.55 Å². The maximum atomic E-state index is 11.8. The molecule has 7 heteroatoms. The highest BCUT2D eigenvalue weighted by molar-refractivity contribution is 7.94. The summed E-state index contributed by atoms with van der Waals surface area (Å²) in [5, 5.41) is 0.875. The van der Waals surface area contributed by atoms with Crippen LogP contribution in [0.5, 0.6) is 0 Å². The quantitative estimate of drug-likeness (QED) is 0.411. The SMILES string of the molecule is COOSc1ccc(-c2ccc3ccn(C(=O)OC)c3n2)cc1. The average Bonchev–Trinajstić information content (AvgIpc) is 3.03. The first kappa shape index (κ1) is 15.5. The van der Waals surface area contributed by atoms with Gasteiger partial charge in [-0.1, -0.05) is 12.1 Å². The lowest BCUT2D eigenvalue weighted by Gasteiger charge is -2.05. The summed E-state index contributed by atoms with van der Waals surface area (Å²) in [7, 11) is 2.80. The highest BCUT2D eigenvalue weighted by Gasteiger charge is 2.11. The summed E-state index contributed by atoms with van der Waals surface area (Å²) >= 11 is 1.13. The van der Waals surface area contributed by atoms with Gasteiger partial charge >= 0.3 is 6.09 Å². The zero-order valence-electron chi connectivity index (χ0n) is 12.6. The van der Waals surface area contributed by atoms with Crippen molar-refractivity contribution in [3.63, 3.8) is 0 Å². The molecular formula is C16H14N2O4S. The molecule has 0 unspecified atom stereocenters. The number of pyridine rings is 1. The molecule has 0 aliphatic heterocycles. The standard InChI is InChI=1S/C16H14N2O4S/c1-20-16(19)18-10-9-12-5-8-14(17-15(12)18)11-3-6-13(7-4-11)23-22-21-2/h3-10H,1-2H3. The fourth-order valence-corrected chi connectivity index (χ4v) is 2.56. The number of fused-ring (bicyclic) bond motifs is 1. The van der Waals surface area contributed by atoms with Gasteiger partial charge in [0.05, 0.1) is 32.0 Å². The summed E-state index contributed by atoms with van der Waals surface area (Å²) < 4.78 is 11.0. The topological polar surface area (TPSA) is 62.6 Å². The highest BCUT2D eigenvalue weighted by atomic mass is 32.2. The Labute approximate surface area is 137 Å². The van der Waals surface area contributed by atoms with Crippen molar-refractivity contribution in [3.05, 3.63) is 48.7 Å². The van der Waals surface area contributed by atoms with Crippen molar-refractivity contribution >= 4 is 29.2 Å². The number of carbonyl (C=O) groups excluding carboxylic acids is 1. The van der Waals surface area contributed by atoms with Crippen molar-refractivity contribution < 1.29 is 18.8 Å². The summed E-state index contributed by atoms with van der Waals surface area (Å²) in [6.07, 6.45) is 1.18. The minimum absolute atomic E-state index is 0.465. The largest absolute Gasteiger partial charge is 0.452 e. The molecule has 1 aromatic carbocycles. The van der Waals surface area contributed by atoms with E-state index in [0.717, 1.165) is 33.6 Å². The van der Waals surface area contributed by atoms with Crippen molar-refractivity contribution in [2.24, 2.45) is 0 Å². The third-order valence-electron chi connectivity index (χ3n) is 3.26. The molecule has 0 radical (unpaired) electrons. The van der Waals surface area contributed by atoms with E-state index in [-0.39, 0.29) is 0 Å². The molecular weight excluding hydrogens is 316 g/mol. The van der Waals surface area contributed by atoms with Crippen molar-refractivity contribution in [1.29, 1.82) is 0 Å². The van der Waals surface area contributed by atoms with Gasteiger partial charge in [0, 0.05) is 22.0 Å². The van der Waals surface area contributed by atoms with E-state index in [9.17, 15) is 4.79 Å². The molecule has 3 rings (SSSR count). The van der Waals surface area contributed by atoms with Gasteiger partial charge < -0.3 is 4.74 Å². The zero-order valence-corrected chi connectivity index (χ0v) is 13.4. The van der Waals surface area contributed by atoms with Crippen LogP contribution >= 0.6 is 12.0 Å². The minimum atomic E-state index is -0.465. The molecule has 0 aliphatic rings. The maximum absolute atomic E-state index is 11.8. The monoisotopic (exact) mass is 330 g/mol. The second kappa shape index (κ2) is 6.82. The lowest BCUT2D eigenvalue weighted by atomic mass is 10.1. The number of aromatic nitrogens is 2. The number of ether oxygens (including phenoxy) is 1. The predicted molar refractivity (Wildman–Crippen MR) is 86.9 cm³/mol. The minimum Gasteiger partial charge on any atom is -0.452 e. The van der Waals surface area contributed by atoms with Gasteiger partial charge in [0.15, 0.2) is 0 Å². The molecule has 0 amide bonds. The Kier molecular flexibility index (Phi) is 4.61. The Balaban J connectivity index is 1.94. The molecule has 6 nitrogen and oxygen atoms in total. The van der Waals surface area contributed by atoms with Gasteiger partial charge in [0.1, 0.15) is 5.65 Å². The van der Waals surface area contributed by atoms with Crippen LogP contribution in [0.3, 0.4) is 0 Å². The maximum Gasteiger partial charge on any atom is 0.419 e. The number of carbonyl (C=O) groups is 1. The van der Waals surface area contributed by atoms with Crippen LogP contribution in [0.1, 0.15) is 0 Å². The Morgan fingerprint density at radius 3 is 2.57 bits per heavy atom. The van der Waals surface area contributed by atoms with Crippen molar-refractivity contribution in [3.8, 4) is 11.3 Å². The molecule has 0 N–H and O–H groups in total. The molecule has 0 bridgehead atoms. The van der Waals surface area contributed by atoms with Crippen molar-refractivity contribution in [2.45, 2.75) is 4.90 Å². The lowest BCUT2D eigenvalue weighted by Crippen LogP contribution is -2.10. The van der Waals surface area contributed by atoms with Gasteiger partial charge in [-0.05, 0) is 30.3 Å². The van der Waals surface area contributed by atoms with Crippen LogP contribution in [0.25, 0.3) is 22.3 Å². The second-order valence-electron chi connectivity index (χ2n) is 4.61. The van der Waals surface area contributed by atoms with E-state index in [1.54, 1.807) is 6.20 Å². The highest BCUT2D eigenvalue weighted by Crippen LogP contribution is 2.25. The first-order valence-electron chi connectivity index (χ1n) is 6.77. The molecule has 0 fully saturated rings. The summed E-state index contributed by atoms with van der Waals surface area (Å²) in [5.41, 5.74) is 2.27. The Bertz CT molecular complexity index is 830. The van der Waals surface area contributed by atoms with E-state index in [1.807, 2.05) is 42.5 Å². The number of hydrogen-bond acceptors (Lipinski definition) is 6. The molecule has 0 saturated carbocycles. The normalized spacial score (nSPS) is 10.9. The van der Waals surface area contributed by atoms with E-state index in [4.69, 9.17) is 9.07 Å². The van der Waals surface area contributed by atoms with Gasteiger partial charge in [-0.25, -0.2) is 19.2 Å². The predicted octanol–water partition coefficient (Wildman–Crippen LogP) is 3.90. The Morgan fingerprint density at radius 1 is 1.09 bits per heavy atom. The Hall–Kier alpha value is -2.35. The van der Waals surface area contributed by atoms with E-state index in [0.29, 0.717) is 5.65 Å². The number of hydrogen-bond donors (Lipinski definition) is 0. The second-order valence-corrected chi connectivity index (χ2v) is 5.38. The molecule has 0 saturated heterocycles. The summed E-state index contributed by atoms with van der Waals surface area (Å²) in [6, 6.07) is 13.3.